The summed E-state index contributed by atoms with van der Waals surface area (Å²) in [6.07, 6.45) is 3.94. The first kappa shape index (κ1) is 17.6. The van der Waals surface area contributed by atoms with Crippen molar-refractivity contribution in [3.05, 3.63) is 42.0 Å². The molecule has 27 heavy (non-hydrogen) atoms. The second-order valence-electron chi connectivity index (χ2n) is 6.41. The molecule has 0 amide bonds. The van der Waals surface area contributed by atoms with Gasteiger partial charge in [-0.3, -0.25) is 0 Å². The fourth-order valence-electron chi connectivity index (χ4n) is 3.03. The molecule has 3 aromatic rings. The Labute approximate surface area is 156 Å². The first-order chi connectivity index (χ1) is 13.3. The van der Waals surface area contributed by atoms with Crippen molar-refractivity contribution in [2.45, 2.75) is 32.1 Å². The van der Waals surface area contributed by atoms with E-state index < -0.39 is 0 Å². The van der Waals surface area contributed by atoms with Crippen LogP contribution < -0.4 is 10.1 Å². The lowest BCUT2D eigenvalue weighted by Gasteiger charge is -2.22. The zero-order valence-corrected chi connectivity index (χ0v) is 15.2. The molecule has 4 rings (SSSR count). The molecule has 0 bridgehead atoms. The highest BCUT2D eigenvalue weighted by Gasteiger charge is 2.19. The molecule has 9 nitrogen and oxygen atoms in total. The first-order valence-electron chi connectivity index (χ1n) is 8.97. The molecule has 1 aliphatic rings. The second kappa shape index (κ2) is 8.28. The third-order valence-corrected chi connectivity index (χ3v) is 4.45. The maximum atomic E-state index is 5.66. The molecule has 0 aliphatic carbocycles. The van der Waals surface area contributed by atoms with Gasteiger partial charge in [0.05, 0.1) is 19.8 Å². The van der Waals surface area contributed by atoms with E-state index in [0.29, 0.717) is 30.2 Å². The Morgan fingerprint density at radius 2 is 2.30 bits per heavy atom. The summed E-state index contributed by atoms with van der Waals surface area (Å²) in [6, 6.07) is 8.03. The summed E-state index contributed by atoms with van der Waals surface area (Å²) in [5.74, 6) is 2.00. The topological polar surface area (TPSA) is 100 Å². The smallest absolute Gasteiger partial charge is 0.297 e. The molecule has 1 unspecified atom stereocenters. The van der Waals surface area contributed by atoms with Gasteiger partial charge in [-0.2, -0.15) is 4.98 Å². The van der Waals surface area contributed by atoms with Crippen LogP contribution in [0.3, 0.4) is 0 Å². The zero-order chi connectivity index (χ0) is 18.5. The van der Waals surface area contributed by atoms with E-state index in [-0.39, 0.29) is 6.61 Å². The number of methoxy groups -OCH3 is 1. The normalized spacial score (nSPS) is 17.1. The van der Waals surface area contributed by atoms with E-state index in [9.17, 15) is 0 Å². The van der Waals surface area contributed by atoms with Crippen molar-refractivity contribution in [1.82, 2.24) is 30.2 Å². The van der Waals surface area contributed by atoms with Gasteiger partial charge in [-0.1, -0.05) is 17.3 Å². The summed E-state index contributed by atoms with van der Waals surface area (Å²) in [4.78, 5) is 8.62. The van der Waals surface area contributed by atoms with Crippen LogP contribution in [-0.4, -0.2) is 45.1 Å². The number of aromatic nitrogens is 5. The van der Waals surface area contributed by atoms with Gasteiger partial charge in [0.15, 0.2) is 5.82 Å². The highest BCUT2D eigenvalue weighted by atomic mass is 16.5. The summed E-state index contributed by atoms with van der Waals surface area (Å²) >= 11 is 0. The minimum absolute atomic E-state index is 0.244. The van der Waals surface area contributed by atoms with E-state index in [2.05, 4.69) is 25.5 Å². The molecule has 1 fully saturated rings. The summed E-state index contributed by atoms with van der Waals surface area (Å²) in [5.41, 5.74) is 1.01. The summed E-state index contributed by atoms with van der Waals surface area (Å²) in [6.45, 7) is 2.63. The highest BCUT2D eigenvalue weighted by molar-refractivity contribution is 5.37. The van der Waals surface area contributed by atoms with Gasteiger partial charge in [0.25, 0.3) is 5.89 Å². The van der Waals surface area contributed by atoms with Crippen LogP contribution in [0.5, 0.6) is 5.75 Å². The van der Waals surface area contributed by atoms with Crippen molar-refractivity contribution >= 4 is 0 Å². The van der Waals surface area contributed by atoms with E-state index in [4.69, 9.17) is 14.0 Å². The van der Waals surface area contributed by atoms with Gasteiger partial charge >= 0.3 is 0 Å². The number of piperidine rings is 1. The molecule has 1 saturated heterocycles. The number of nitrogens with one attached hydrogen (secondary N) is 1. The maximum Gasteiger partial charge on any atom is 0.297 e. The van der Waals surface area contributed by atoms with Crippen LogP contribution in [0.1, 0.15) is 30.3 Å². The zero-order valence-electron chi connectivity index (χ0n) is 15.2. The van der Waals surface area contributed by atoms with Gasteiger partial charge in [0.2, 0.25) is 5.82 Å². The predicted molar refractivity (Wildman–Crippen MR) is 95.9 cm³/mol. The summed E-state index contributed by atoms with van der Waals surface area (Å²) in [7, 11) is 1.64. The molecule has 3 heterocycles. The molecular formula is C18H22N6O3. The fourth-order valence-corrected chi connectivity index (χ4v) is 3.03. The predicted octanol–water partition coefficient (Wildman–Crippen LogP) is 1.98. The quantitative estimate of drug-likeness (QED) is 0.674. The van der Waals surface area contributed by atoms with Gasteiger partial charge in [-0.05, 0) is 37.1 Å². The van der Waals surface area contributed by atoms with Crippen LogP contribution in [-0.2, 0) is 18.0 Å². The Hall–Kier alpha value is -2.78. The molecular weight excluding hydrogens is 348 g/mol. The molecule has 1 aromatic carbocycles. The molecule has 142 valence electrons. The fraction of sp³-hybridized carbons (Fsp3) is 0.444. The second-order valence-corrected chi connectivity index (χ2v) is 6.41. The summed E-state index contributed by atoms with van der Waals surface area (Å²) in [5, 5.41) is 11.8. The SMILES string of the molecule is COc1cccc(COCc2noc(-c3ncn(C4CCCNC4)n3)n2)c1. The highest BCUT2D eigenvalue weighted by Crippen LogP contribution is 2.18. The standard InChI is InChI=1S/C18H22N6O3/c1-25-15-6-2-4-13(8-15)10-26-11-16-21-18(27-23-16)17-20-12-24(22-17)14-5-3-7-19-9-14/h2,4,6,8,12,14,19H,3,5,7,9-11H2,1H3. The molecule has 1 N–H and O–H groups in total. The number of hydrogen-bond acceptors (Lipinski definition) is 8. The summed E-state index contributed by atoms with van der Waals surface area (Å²) < 4.78 is 18.0. The van der Waals surface area contributed by atoms with E-state index in [1.165, 1.54) is 0 Å². The van der Waals surface area contributed by atoms with Gasteiger partial charge in [0.1, 0.15) is 18.7 Å². The van der Waals surface area contributed by atoms with Crippen LogP contribution in [0.4, 0.5) is 0 Å². The third kappa shape index (κ3) is 4.32. The van der Waals surface area contributed by atoms with Crippen molar-refractivity contribution < 1.29 is 14.0 Å². The van der Waals surface area contributed by atoms with Crippen molar-refractivity contribution in [1.29, 1.82) is 0 Å². The third-order valence-electron chi connectivity index (χ3n) is 4.45. The Bertz CT molecular complexity index is 871. The first-order valence-corrected chi connectivity index (χ1v) is 8.97. The van der Waals surface area contributed by atoms with Gasteiger partial charge < -0.3 is 19.3 Å². The monoisotopic (exact) mass is 370 g/mol. The van der Waals surface area contributed by atoms with Crippen LogP contribution in [0.2, 0.25) is 0 Å². The van der Waals surface area contributed by atoms with E-state index >= 15 is 0 Å². The van der Waals surface area contributed by atoms with Gasteiger partial charge in [-0.15, -0.1) is 5.10 Å². The van der Waals surface area contributed by atoms with Crippen LogP contribution >= 0.6 is 0 Å². The van der Waals surface area contributed by atoms with E-state index in [1.54, 1.807) is 13.4 Å². The molecule has 2 aromatic heterocycles. The number of benzene rings is 1. The molecule has 1 atom stereocenters. The lowest BCUT2D eigenvalue weighted by Crippen LogP contribution is -2.31. The van der Waals surface area contributed by atoms with Gasteiger partial charge in [0, 0.05) is 6.54 Å². The van der Waals surface area contributed by atoms with Crippen molar-refractivity contribution in [2.24, 2.45) is 0 Å². The van der Waals surface area contributed by atoms with Crippen molar-refractivity contribution in [2.75, 3.05) is 20.2 Å². The maximum absolute atomic E-state index is 5.66. The number of ether oxygens (including phenoxy) is 2. The molecule has 0 saturated carbocycles. The van der Waals surface area contributed by atoms with Crippen LogP contribution in [0.25, 0.3) is 11.7 Å². The number of nitrogens with zero attached hydrogens (tertiary/aromatic N) is 5. The Balaban J connectivity index is 1.33. The number of rotatable bonds is 7. The average Bonchev–Trinajstić information content (AvgIpc) is 3.38. The van der Waals surface area contributed by atoms with Crippen molar-refractivity contribution in [3.8, 4) is 17.5 Å². The van der Waals surface area contributed by atoms with E-state index in [0.717, 1.165) is 37.2 Å². The minimum Gasteiger partial charge on any atom is -0.497 e. The molecule has 1 aliphatic heterocycles. The van der Waals surface area contributed by atoms with Crippen LogP contribution in [0, 0.1) is 0 Å². The van der Waals surface area contributed by atoms with Crippen LogP contribution in [0.15, 0.2) is 35.1 Å². The lowest BCUT2D eigenvalue weighted by molar-refractivity contribution is 0.0998. The number of hydrogen-bond donors (Lipinski definition) is 1. The lowest BCUT2D eigenvalue weighted by atomic mass is 10.1. The molecule has 9 heteroatoms. The van der Waals surface area contributed by atoms with E-state index in [1.807, 2.05) is 28.9 Å². The van der Waals surface area contributed by atoms with Gasteiger partial charge in [-0.25, -0.2) is 9.67 Å². The molecule has 0 spiro atoms. The molecule has 0 radical (unpaired) electrons. The average molecular weight is 370 g/mol. The Morgan fingerprint density at radius 1 is 1.33 bits per heavy atom. The van der Waals surface area contributed by atoms with Crippen molar-refractivity contribution in [3.63, 3.8) is 0 Å². The Kier molecular flexibility index (Phi) is 5.40. The minimum atomic E-state index is 0.244. The Morgan fingerprint density at radius 3 is 3.15 bits per heavy atom. The largest absolute Gasteiger partial charge is 0.497 e.